The van der Waals surface area contributed by atoms with Crippen molar-refractivity contribution in [1.82, 2.24) is 0 Å². The standard InChI is InChI=1S/C24H26ClF4NO3/c1-13(24(27,28)29)21(14-5-8-16(25)9-6-14)22(33)30-19-11-15(7-10-18(19)26)17(12-20(31)32)23(2,3)4/h5-11,13,17,21H,12H2,1-4H3,(H,30,33)(H,31,32)/t13-,17?,21+/m1/s1. The molecule has 0 radical (unpaired) electrons. The summed E-state index contributed by atoms with van der Waals surface area (Å²) in [4.78, 5) is 24.3. The maximum atomic E-state index is 14.5. The summed E-state index contributed by atoms with van der Waals surface area (Å²) in [6, 6.07) is 9.16. The Bertz CT molecular complexity index is 1000. The van der Waals surface area contributed by atoms with Crippen LogP contribution in [-0.4, -0.2) is 23.2 Å². The Morgan fingerprint density at radius 1 is 1.03 bits per heavy atom. The molecule has 0 saturated heterocycles. The second-order valence-electron chi connectivity index (χ2n) is 9.10. The average molecular weight is 488 g/mol. The zero-order valence-electron chi connectivity index (χ0n) is 18.6. The summed E-state index contributed by atoms with van der Waals surface area (Å²) >= 11 is 5.82. The van der Waals surface area contributed by atoms with Crippen LogP contribution >= 0.6 is 11.6 Å². The Morgan fingerprint density at radius 2 is 1.58 bits per heavy atom. The molecule has 0 aromatic heterocycles. The molecule has 0 saturated carbocycles. The highest BCUT2D eigenvalue weighted by atomic mass is 35.5. The van der Waals surface area contributed by atoms with E-state index in [0.29, 0.717) is 10.6 Å². The third kappa shape index (κ3) is 6.93. The van der Waals surface area contributed by atoms with E-state index in [9.17, 15) is 32.3 Å². The van der Waals surface area contributed by atoms with E-state index in [1.807, 2.05) is 20.8 Å². The van der Waals surface area contributed by atoms with Gasteiger partial charge in [-0.2, -0.15) is 13.2 Å². The molecule has 4 nitrogen and oxygen atoms in total. The van der Waals surface area contributed by atoms with Gasteiger partial charge in [-0.25, -0.2) is 4.39 Å². The van der Waals surface area contributed by atoms with Gasteiger partial charge in [0.15, 0.2) is 0 Å². The summed E-state index contributed by atoms with van der Waals surface area (Å²) in [5.74, 6) is -7.16. The minimum atomic E-state index is -4.68. The third-order valence-corrected chi connectivity index (χ3v) is 5.85. The lowest BCUT2D eigenvalue weighted by Crippen LogP contribution is -2.34. The predicted molar refractivity (Wildman–Crippen MR) is 119 cm³/mol. The molecule has 0 aliphatic rings. The molecule has 2 aromatic carbocycles. The number of nitrogens with one attached hydrogen (secondary N) is 1. The Balaban J connectivity index is 2.46. The number of carboxylic acids is 1. The van der Waals surface area contributed by atoms with E-state index >= 15 is 0 Å². The number of alkyl halides is 3. The summed E-state index contributed by atoms with van der Waals surface area (Å²) in [5.41, 5.74) is -0.288. The van der Waals surface area contributed by atoms with Gasteiger partial charge < -0.3 is 10.4 Å². The van der Waals surface area contributed by atoms with E-state index in [0.717, 1.165) is 13.0 Å². The molecule has 1 unspecified atom stereocenters. The molecule has 0 bridgehead atoms. The van der Waals surface area contributed by atoms with Crippen molar-refractivity contribution in [3.05, 3.63) is 64.4 Å². The molecule has 9 heteroatoms. The fourth-order valence-corrected chi connectivity index (χ4v) is 3.82. The summed E-state index contributed by atoms with van der Waals surface area (Å²) in [7, 11) is 0. The summed E-state index contributed by atoms with van der Waals surface area (Å²) in [6.07, 6.45) is -4.91. The van der Waals surface area contributed by atoms with Crippen LogP contribution in [0.3, 0.4) is 0 Å². The quantitative estimate of drug-likeness (QED) is 0.413. The van der Waals surface area contributed by atoms with Crippen LogP contribution in [0.4, 0.5) is 23.2 Å². The fourth-order valence-electron chi connectivity index (χ4n) is 3.69. The van der Waals surface area contributed by atoms with Crippen LogP contribution in [0, 0.1) is 17.2 Å². The van der Waals surface area contributed by atoms with E-state index in [-0.39, 0.29) is 17.7 Å². The van der Waals surface area contributed by atoms with Crippen molar-refractivity contribution in [3.63, 3.8) is 0 Å². The molecule has 0 fully saturated rings. The van der Waals surface area contributed by atoms with E-state index in [1.165, 1.54) is 36.4 Å². The smallest absolute Gasteiger partial charge is 0.392 e. The summed E-state index contributed by atoms with van der Waals surface area (Å²) in [5, 5.41) is 11.9. The van der Waals surface area contributed by atoms with Crippen molar-refractivity contribution >= 4 is 29.2 Å². The van der Waals surface area contributed by atoms with Gasteiger partial charge in [-0.05, 0) is 46.7 Å². The van der Waals surface area contributed by atoms with Gasteiger partial charge in [-0.3, -0.25) is 9.59 Å². The Hall–Kier alpha value is -2.61. The number of carboxylic acid groups (broad SMARTS) is 1. The van der Waals surface area contributed by atoms with Crippen LogP contribution in [0.15, 0.2) is 42.5 Å². The first kappa shape index (κ1) is 26.6. The predicted octanol–water partition coefficient (Wildman–Crippen LogP) is 7.00. The van der Waals surface area contributed by atoms with Crippen LogP contribution in [-0.2, 0) is 9.59 Å². The Morgan fingerprint density at radius 3 is 2.06 bits per heavy atom. The molecule has 0 aliphatic heterocycles. The molecular weight excluding hydrogens is 462 g/mol. The van der Waals surface area contributed by atoms with Crippen LogP contribution in [0.1, 0.15) is 57.1 Å². The molecule has 2 rings (SSSR count). The molecule has 2 N–H and O–H groups in total. The van der Waals surface area contributed by atoms with Crippen LogP contribution in [0.25, 0.3) is 0 Å². The number of carbonyl (C=O) groups is 2. The van der Waals surface area contributed by atoms with Gasteiger partial charge in [0.1, 0.15) is 5.82 Å². The molecule has 33 heavy (non-hydrogen) atoms. The number of hydrogen-bond acceptors (Lipinski definition) is 2. The molecule has 0 spiro atoms. The van der Waals surface area contributed by atoms with Gasteiger partial charge in [-0.15, -0.1) is 0 Å². The van der Waals surface area contributed by atoms with Crippen molar-refractivity contribution in [3.8, 4) is 0 Å². The normalized spacial score (nSPS) is 14.9. The molecular formula is C24H26ClF4NO3. The zero-order valence-corrected chi connectivity index (χ0v) is 19.4. The van der Waals surface area contributed by atoms with E-state index in [2.05, 4.69) is 5.32 Å². The molecule has 0 aliphatic carbocycles. The monoisotopic (exact) mass is 487 g/mol. The SMILES string of the molecule is C[C@H]([C@H](C(=O)Nc1cc(C(CC(=O)O)C(C)(C)C)ccc1F)c1ccc(Cl)cc1)C(F)(F)F. The fraction of sp³-hybridized carbons (Fsp3) is 0.417. The lowest BCUT2D eigenvalue weighted by molar-refractivity contribution is -0.178. The van der Waals surface area contributed by atoms with Gasteiger partial charge in [0, 0.05) is 5.02 Å². The topological polar surface area (TPSA) is 66.4 Å². The number of carbonyl (C=O) groups excluding carboxylic acids is 1. The number of rotatable bonds is 7. The minimum absolute atomic E-state index is 0.0803. The van der Waals surface area contributed by atoms with Gasteiger partial charge in [0.05, 0.1) is 23.9 Å². The summed E-state index contributed by atoms with van der Waals surface area (Å²) < 4.78 is 55.1. The van der Waals surface area contributed by atoms with Crippen molar-refractivity contribution in [1.29, 1.82) is 0 Å². The molecule has 1 amide bonds. The number of anilines is 1. The first-order valence-electron chi connectivity index (χ1n) is 10.3. The molecule has 180 valence electrons. The molecule has 3 atom stereocenters. The van der Waals surface area contributed by atoms with Gasteiger partial charge >= 0.3 is 12.1 Å². The lowest BCUT2D eigenvalue weighted by Gasteiger charge is -2.30. The number of amides is 1. The highest BCUT2D eigenvalue weighted by Gasteiger charge is 2.45. The van der Waals surface area contributed by atoms with Crippen LogP contribution in [0.5, 0.6) is 0 Å². The summed E-state index contributed by atoms with van der Waals surface area (Å²) in [6.45, 7) is 6.35. The molecule has 2 aromatic rings. The van der Waals surface area contributed by atoms with Gasteiger partial charge in [-0.1, -0.05) is 57.5 Å². The third-order valence-electron chi connectivity index (χ3n) is 5.60. The van der Waals surface area contributed by atoms with Crippen molar-refractivity contribution < 1.29 is 32.3 Å². The van der Waals surface area contributed by atoms with Crippen molar-refractivity contribution in [2.24, 2.45) is 11.3 Å². The number of benzene rings is 2. The first-order chi connectivity index (χ1) is 15.1. The average Bonchev–Trinajstić information content (AvgIpc) is 2.68. The second-order valence-corrected chi connectivity index (χ2v) is 9.54. The lowest BCUT2D eigenvalue weighted by atomic mass is 9.74. The minimum Gasteiger partial charge on any atom is -0.481 e. The van der Waals surface area contributed by atoms with E-state index < -0.39 is 47.0 Å². The Kier molecular flexibility index (Phi) is 8.17. The highest BCUT2D eigenvalue weighted by Crippen LogP contribution is 2.41. The van der Waals surface area contributed by atoms with Crippen molar-refractivity contribution in [2.75, 3.05) is 5.32 Å². The zero-order chi connectivity index (χ0) is 25.1. The van der Waals surface area contributed by atoms with Crippen LogP contribution in [0.2, 0.25) is 5.02 Å². The molecule has 0 heterocycles. The number of aliphatic carboxylic acids is 1. The largest absolute Gasteiger partial charge is 0.481 e. The number of halogens is 5. The van der Waals surface area contributed by atoms with Gasteiger partial charge in [0.25, 0.3) is 0 Å². The van der Waals surface area contributed by atoms with E-state index in [1.54, 1.807) is 0 Å². The maximum Gasteiger partial charge on any atom is 0.392 e. The highest BCUT2D eigenvalue weighted by molar-refractivity contribution is 6.30. The number of hydrogen-bond donors (Lipinski definition) is 2. The Labute approximate surface area is 195 Å². The van der Waals surface area contributed by atoms with E-state index in [4.69, 9.17) is 11.6 Å². The second kappa shape index (κ2) is 10.1. The first-order valence-corrected chi connectivity index (χ1v) is 10.6. The van der Waals surface area contributed by atoms with Crippen molar-refractivity contribution in [2.45, 2.75) is 52.1 Å². The maximum absolute atomic E-state index is 14.5. The van der Waals surface area contributed by atoms with Gasteiger partial charge in [0.2, 0.25) is 5.91 Å². The van der Waals surface area contributed by atoms with Crippen LogP contribution < -0.4 is 5.32 Å².